The quantitative estimate of drug-likeness (QED) is 0.388. The summed E-state index contributed by atoms with van der Waals surface area (Å²) in [5.74, 6) is 0. The van der Waals surface area contributed by atoms with Crippen molar-refractivity contribution in [3.63, 3.8) is 0 Å². The highest BCUT2D eigenvalue weighted by molar-refractivity contribution is 7.80. The second kappa shape index (κ2) is 11.6. The molecule has 3 aromatic carbocycles. The van der Waals surface area contributed by atoms with E-state index in [4.69, 9.17) is 0 Å². The van der Waals surface area contributed by atoms with Gasteiger partial charge in [0.1, 0.15) is 0 Å². The van der Waals surface area contributed by atoms with E-state index in [2.05, 4.69) is 151 Å². The summed E-state index contributed by atoms with van der Waals surface area (Å²) >= 11 is 0. The van der Waals surface area contributed by atoms with Crippen LogP contribution in [0.2, 0.25) is 0 Å². The molecule has 3 atom stereocenters. The Kier molecular flexibility index (Phi) is 9.07. The van der Waals surface area contributed by atoms with E-state index in [1.807, 2.05) is 0 Å². The third kappa shape index (κ3) is 5.61. The molecule has 3 nitrogen and oxygen atoms in total. The fraction of sp³-hybridized carbons (Fsp3) is 0.400. The third-order valence-corrected chi connectivity index (χ3v) is 9.87. The van der Waals surface area contributed by atoms with Gasteiger partial charge in [0.15, 0.2) is 0 Å². The van der Waals surface area contributed by atoms with Gasteiger partial charge in [-0.05, 0) is 104 Å². The smallest absolute Gasteiger partial charge is 0.0320 e. The number of hydrogen-bond donors (Lipinski definition) is 0. The highest BCUT2D eigenvalue weighted by atomic mass is 31.1. The maximum Gasteiger partial charge on any atom is 0.0320 e. The van der Waals surface area contributed by atoms with Crippen LogP contribution in [-0.4, -0.2) is 57.0 Å². The van der Waals surface area contributed by atoms with Gasteiger partial charge in [-0.2, -0.15) is 0 Å². The molecule has 0 heterocycles. The lowest BCUT2D eigenvalue weighted by atomic mass is 10.1. The third-order valence-electron chi connectivity index (χ3n) is 7.21. The summed E-state index contributed by atoms with van der Waals surface area (Å²) in [6.45, 7) is 6.94. The van der Waals surface area contributed by atoms with Gasteiger partial charge in [0.25, 0.3) is 0 Å². The lowest BCUT2D eigenvalue weighted by molar-refractivity contribution is 0.322. The highest BCUT2D eigenvalue weighted by Crippen LogP contribution is 2.41. The van der Waals surface area contributed by atoms with Crippen molar-refractivity contribution in [3.8, 4) is 0 Å². The van der Waals surface area contributed by atoms with Gasteiger partial charge >= 0.3 is 0 Å². The van der Waals surface area contributed by atoms with Crippen LogP contribution in [0.15, 0.2) is 72.8 Å². The van der Waals surface area contributed by atoms with Crippen molar-refractivity contribution < 1.29 is 0 Å². The summed E-state index contributed by atoms with van der Waals surface area (Å²) in [4.78, 5) is 6.94. The van der Waals surface area contributed by atoms with Crippen LogP contribution >= 0.6 is 7.92 Å². The monoisotopic (exact) mass is 475 g/mol. The number of nitrogens with zero attached hydrogens (tertiary/aromatic N) is 3. The molecule has 0 fully saturated rings. The SMILES string of the molecule is C[C@H](c1ccccc1P(c1ccccc1[C@@H](C)N(C)C)c1ccccc1[C@@H](C)N(C)C)N(C)C. The highest BCUT2D eigenvalue weighted by Gasteiger charge is 2.28. The molecule has 0 aromatic heterocycles. The minimum atomic E-state index is -0.760. The van der Waals surface area contributed by atoms with Crippen molar-refractivity contribution in [2.75, 3.05) is 42.3 Å². The first-order valence-corrected chi connectivity index (χ1v) is 13.6. The van der Waals surface area contributed by atoms with Gasteiger partial charge in [0.2, 0.25) is 0 Å². The molecule has 0 amide bonds. The van der Waals surface area contributed by atoms with E-state index in [9.17, 15) is 0 Å². The lowest BCUT2D eigenvalue weighted by Crippen LogP contribution is -2.33. The largest absolute Gasteiger partial charge is 0.303 e. The second-order valence-electron chi connectivity index (χ2n) is 9.93. The topological polar surface area (TPSA) is 9.72 Å². The maximum atomic E-state index is 2.37. The molecule has 0 spiro atoms. The lowest BCUT2D eigenvalue weighted by Gasteiger charge is -2.33. The van der Waals surface area contributed by atoms with Crippen molar-refractivity contribution in [1.82, 2.24) is 14.7 Å². The van der Waals surface area contributed by atoms with Gasteiger partial charge in [-0.15, -0.1) is 0 Å². The molecular weight excluding hydrogens is 433 g/mol. The Morgan fingerprint density at radius 3 is 0.912 bits per heavy atom. The van der Waals surface area contributed by atoms with Crippen molar-refractivity contribution in [3.05, 3.63) is 89.5 Å². The Labute approximate surface area is 209 Å². The predicted molar refractivity (Wildman–Crippen MR) is 151 cm³/mol. The zero-order valence-electron chi connectivity index (χ0n) is 22.4. The summed E-state index contributed by atoms with van der Waals surface area (Å²) in [5, 5.41) is 4.36. The molecule has 3 aromatic rings. The van der Waals surface area contributed by atoms with E-state index in [1.165, 1.54) is 32.6 Å². The standard InChI is InChI=1S/C30H42N3P/c1-22(31(4)5)25-16-10-13-19-28(25)34(29-20-14-11-17-26(29)23(2)32(6)7)30-21-15-12-18-27(30)24(3)33(8)9/h10-24H,1-9H3/t22-,23-,24-/m1/s1. The Bertz CT molecular complexity index is 939. The summed E-state index contributed by atoms with van der Waals surface area (Å²) in [6.07, 6.45) is 0. The Morgan fingerprint density at radius 1 is 0.441 bits per heavy atom. The van der Waals surface area contributed by atoms with Gasteiger partial charge in [-0.1, -0.05) is 72.8 Å². The predicted octanol–water partition coefficient (Wildman–Crippen LogP) is 5.31. The Hall–Kier alpha value is -2.03. The van der Waals surface area contributed by atoms with Crippen LogP contribution in [0.25, 0.3) is 0 Å². The normalized spacial score (nSPS) is 14.7. The molecule has 182 valence electrons. The van der Waals surface area contributed by atoms with Crippen LogP contribution < -0.4 is 15.9 Å². The van der Waals surface area contributed by atoms with Crippen molar-refractivity contribution >= 4 is 23.8 Å². The molecule has 0 N–H and O–H groups in total. The average molecular weight is 476 g/mol. The van der Waals surface area contributed by atoms with E-state index in [-0.39, 0.29) is 0 Å². The second-order valence-corrected chi connectivity index (χ2v) is 12.0. The van der Waals surface area contributed by atoms with Crippen LogP contribution in [0, 0.1) is 0 Å². The van der Waals surface area contributed by atoms with Crippen molar-refractivity contribution in [2.45, 2.75) is 38.9 Å². The number of hydrogen-bond acceptors (Lipinski definition) is 3. The minimum absolute atomic E-state index is 0.332. The van der Waals surface area contributed by atoms with Crippen LogP contribution in [0.3, 0.4) is 0 Å². The zero-order chi connectivity index (χ0) is 25.0. The summed E-state index contributed by atoms with van der Waals surface area (Å²) in [7, 11) is 12.3. The fourth-order valence-corrected chi connectivity index (χ4v) is 7.40. The summed E-state index contributed by atoms with van der Waals surface area (Å²) in [6, 6.07) is 28.3. The Balaban J connectivity index is 2.37. The average Bonchev–Trinajstić information content (AvgIpc) is 2.83. The van der Waals surface area contributed by atoms with Crippen molar-refractivity contribution in [2.24, 2.45) is 0 Å². The van der Waals surface area contributed by atoms with Crippen molar-refractivity contribution in [1.29, 1.82) is 0 Å². The summed E-state index contributed by atoms with van der Waals surface area (Å²) < 4.78 is 0. The minimum Gasteiger partial charge on any atom is -0.303 e. The fourth-order valence-electron chi connectivity index (χ4n) is 4.36. The van der Waals surface area contributed by atoms with Gasteiger partial charge in [0.05, 0.1) is 0 Å². The molecule has 0 aliphatic carbocycles. The van der Waals surface area contributed by atoms with E-state index in [0.717, 1.165) is 0 Å². The molecule has 0 radical (unpaired) electrons. The van der Waals surface area contributed by atoms with Crippen LogP contribution in [-0.2, 0) is 0 Å². The molecule has 0 aliphatic heterocycles. The molecule has 0 unspecified atom stereocenters. The zero-order valence-corrected chi connectivity index (χ0v) is 23.3. The van der Waals surface area contributed by atoms with E-state index >= 15 is 0 Å². The van der Waals surface area contributed by atoms with Crippen LogP contribution in [0.5, 0.6) is 0 Å². The first kappa shape index (κ1) is 26.6. The molecule has 0 saturated carbocycles. The first-order chi connectivity index (χ1) is 16.1. The number of benzene rings is 3. The molecular formula is C30H42N3P. The van der Waals surface area contributed by atoms with Gasteiger partial charge in [-0.25, -0.2) is 0 Å². The van der Waals surface area contributed by atoms with E-state index < -0.39 is 7.92 Å². The maximum absolute atomic E-state index is 2.37. The van der Waals surface area contributed by atoms with E-state index in [1.54, 1.807) is 0 Å². The Morgan fingerprint density at radius 2 is 0.676 bits per heavy atom. The molecule has 34 heavy (non-hydrogen) atoms. The molecule has 0 bridgehead atoms. The van der Waals surface area contributed by atoms with Gasteiger partial charge < -0.3 is 14.7 Å². The van der Waals surface area contributed by atoms with Gasteiger partial charge in [-0.3, -0.25) is 0 Å². The first-order valence-electron chi connectivity index (χ1n) is 12.2. The molecule has 3 rings (SSSR count). The summed E-state index contributed by atoms with van der Waals surface area (Å²) in [5.41, 5.74) is 4.25. The van der Waals surface area contributed by atoms with Gasteiger partial charge in [0, 0.05) is 18.1 Å². The van der Waals surface area contributed by atoms with E-state index in [0.29, 0.717) is 18.1 Å². The molecule has 4 heteroatoms. The van der Waals surface area contributed by atoms with Crippen LogP contribution in [0.4, 0.5) is 0 Å². The molecule has 0 aliphatic rings. The number of rotatable bonds is 9. The van der Waals surface area contributed by atoms with Crippen LogP contribution in [0.1, 0.15) is 55.6 Å². The molecule has 0 saturated heterocycles.